The number of rotatable bonds is 6. The van der Waals surface area contributed by atoms with Gasteiger partial charge in [-0.1, -0.05) is 11.6 Å². The van der Waals surface area contributed by atoms with E-state index in [1.807, 2.05) is 12.3 Å². The number of ether oxygens (including phenoxy) is 1. The topological polar surface area (TPSA) is 55.4 Å². The number of thioether (sulfide) groups is 1. The summed E-state index contributed by atoms with van der Waals surface area (Å²) in [7, 11) is 0. The van der Waals surface area contributed by atoms with Gasteiger partial charge in [0, 0.05) is 11.4 Å². The fourth-order valence-corrected chi connectivity index (χ4v) is 2.14. The van der Waals surface area contributed by atoms with Crippen LogP contribution >= 0.6 is 23.4 Å². The molecule has 0 aliphatic heterocycles. The summed E-state index contributed by atoms with van der Waals surface area (Å²) in [6.45, 7) is 3.79. The van der Waals surface area contributed by atoms with Crippen LogP contribution in [0.15, 0.2) is 23.1 Å². The zero-order chi connectivity index (χ0) is 15.1. The van der Waals surface area contributed by atoms with Crippen LogP contribution in [-0.4, -0.2) is 30.8 Å². The van der Waals surface area contributed by atoms with Crippen molar-refractivity contribution in [3.8, 4) is 0 Å². The van der Waals surface area contributed by atoms with Gasteiger partial charge in [0.05, 0.1) is 23.1 Å². The first-order chi connectivity index (χ1) is 9.43. The van der Waals surface area contributed by atoms with Gasteiger partial charge in [0.25, 0.3) is 5.91 Å². The molecule has 1 N–H and O–H groups in total. The summed E-state index contributed by atoms with van der Waals surface area (Å²) in [5.41, 5.74) is 0.413. The second kappa shape index (κ2) is 8.17. The van der Waals surface area contributed by atoms with Crippen LogP contribution in [0, 0.1) is 0 Å². The van der Waals surface area contributed by atoms with E-state index in [4.69, 9.17) is 16.3 Å². The second-order valence-electron chi connectivity index (χ2n) is 4.39. The van der Waals surface area contributed by atoms with E-state index in [0.717, 1.165) is 4.90 Å². The van der Waals surface area contributed by atoms with Crippen molar-refractivity contribution in [2.45, 2.75) is 31.3 Å². The number of hydrogen-bond acceptors (Lipinski definition) is 4. The van der Waals surface area contributed by atoms with Crippen LogP contribution in [0.5, 0.6) is 0 Å². The van der Waals surface area contributed by atoms with Crippen molar-refractivity contribution in [1.29, 1.82) is 0 Å². The van der Waals surface area contributed by atoms with Crippen LogP contribution in [0.4, 0.5) is 0 Å². The molecule has 1 amide bonds. The van der Waals surface area contributed by atoms with Crippen molar-refractivity contribution in [3.05, 3.63) is 28.8 Å². The number of halogens is 1. The molecule has 6 heteroatoms. The number of carbonyl (C=O) groups is 2. The number of carbonyl (C=O) groups excluding carboxylic acids is 2. The SMILES string of the molecule is CSc1ccc(Cl)c(C(=O)NCCC(=O)OC(C)C)c1. The maximum atomic E-state index is 12.0. The molecule has 0 saturated heterocycles. The minimum absolute atomic E-state index is 0.143. The first kappa shape index (κ1) is 16.9. The lowest BCUT2D eigenvalue weighted by Crippen LogP contribution is -2.27. The molecule has 0 aliphatic carbocycles. The Bertz CT molecular complexity index is 491. The number of esters is 1. The Labute approximate surface area is 128 Å². The molecule has 1 aromatic rings. The zero-order valence-corrected chi connectivity index (χ0v) is 13.3. The molecule has 0 aromatic heterocycles. The lowest BCUT2D eigenvalue weighted by Gasteiger charge is -2.09. The third-order valence-corrected chi connectivity index (χ3v) is 3.45. The second-order valence-corrected chi connectivity index (χ2v) is 5.68. The van der Waals surface area contributed by atoms with E-state index in [-0.39, 0.29) is 30.9 Å². The summed E-state index contributed by atoms with van der Waals surface area (Å²) >= 11 is 7.53. The largest absolute Gasteiger partial charge is 0.463 e. The van der Waals surface area contributed by atoms with Gasteiger partial charge < -0.3 is 10.1 Å². The molecular formula is C14H18ClNO3S. The standard InChI is InChI=1S/C14H18ClNO3S/c1-9(2)19-13(17)6-7-16-14(18)11-8-10(20-3)4-5-12(11)15/h4-5,8-9H,6-7H2,1-3H3,(H,16,18). The Morgan fingerprint density at radius 1 is 1.40 bits per heavy atom. The summed E-state index contributed by atoms with van der Waals surface area (Å²) < 4.78 is 4.98. The molecule has 0 fully saturated rings. The average Bonchev–Trinajstić information content (AvgIpc) is 2.38. The van der Waals surface area contributed by atoms with E-state index in [9.17, 15) is 9.59 Å². The highest BCUT2D eigenvalue weighted by Gasteiger charge is 2.12. The molecule has 1 aromatic carbocycles. The molecule has 20 heavy (non-hydrogen) atoms. The molecule has 0 aliphatic rings. The zero-order valence-electron chi connectivity index (χ0n) is 11.7. The Kier molecular flexibility index (Phi) is 6.88. The predicted molar refractivity (Wildman–Crippen MR) is 81.4 cm³/mol. The molecule has 110 valence electrons. The monoisotopic (exact) mass is 315 g/mol. The molecule has 1 rings (SSSR count). The summed E-state index contributed by atoms with van der Waals surface area (Å²) in [6.07, 6.45) is 1.92. The molecule has 0 spiro atoms. The van der Waals surface area contributed by atoms with E-state index in [1.165, 1.54) is 11.8 Å². The van der Waals surface area contributed by atoms with Gasteiger partial charge in [0.1, 0.15) is 0 Å². The van der Waals surface area contributed by atoms with E-state index >= 15 is 0 Å². The van der Waals surface area contributed by atoms with Gasteiger partial charge in [-0.05, 0) is 38.3 Å². The quantitative estimate of drug-likeness (QED) is 0.647. The van der Waals surface area contributed by atoms with Crippen molar-refractivity contribution < 1.29 is 14.3 Å². The fraction of sp³-hybridized carbons (Fsp3) is 0.429. The van der Waals surface area contributed by atoms with Crippen molar-refractivity contribution in [3.63, 3.8) is 0 Å². The Hall–Kier alpha value is -1.20. The molecule has 0 radical (unpaired) electrons. The Morgan fingerprint density at radius 2 is 2.10 bits per heavy atom. The van der Waals surface area contributed by atoms with Crippen LogP contribution < -0.4 is 5.32 Å². The predicted octanol–water partition coefficient (Wildman–Crippen LogP) is 3.13. The van der Waals surface area contributed by atoms with Gasteiger partial charge in [-0.25, -0.2) is 0 Å². The van der Waals surface area contributed by atoms with Crippen LogP contribution in [0.3, 0.4) is 0 Å². The maximum absolute atomic E-state index is 12.0. The molecule has 4 nitrogen and oxygen atoms in total. The Morgan fingerprint density at radius 3 is 2.70 bits per heavy atom. The van der Waals surface area contributed by atoms with Crippen LogP contribution in [0.25, 0.3) is 0 Å². The van der Waals surface area contributed by atoms with Crippen LogP contribution in [-0.2, 0) is 9.53 Å². The lowest BCUT2D eigenvalue weighted by atomic mass is 10.2. The fourth-order valence-electron chi connectivity index (χ4n) is 1.50. The van der Waals surface area contributed by atoms with E-state index < -0.39 is 0 Å². The molecule has 0 saturated carbocycles. The number of amides is 1. The van der Waals surface area contributed by atoms with Crippen molar-refractivity contribution in [1.82, 2.24) is 5.32 Å². The molecule has 0 heterocycles. The van der Waals surface area contributed by atoms with E-state index in [0.29, 0.717) is 10.6 Å². The molecule has 0 unspecified atom stereocenters. The van der Waals surface area contributed by atoms with Gasteiger partial charge in [-0.2, -0.15) is 0 Å². The summed E-state index contributed by atoms with van der Waals surface area (Å²) in [5.74, 6) is -0.618. The van der Waals surface area contributed by atoms with Gasteiger partial charge in [-0.3, -0.25) is 9.59 Å². The third kappa shape index (κ3) is 5.43. The van der Waals surface area contributed by atoms with Crippen molar-refractivity contribution >= 4 is 35.2 Å². The first-order valence-electron chi connectivity index (χ1n) is 6.25. The third-order valence-electron chi connectivity index (χ3n) is 2.40. The molecular weight excluding hydrogens is 298 g/mol. The summed E-state index contributed by atoms with van der Waals surface area (Å²) in [6, 6.07) is 5.27. The highest BCUT2D eigenvalue weighted by Crippen LogP contribution is 2.22. The first-order valence-corrected chi connectivity index (χ1v) is 7.85. The number of hydrogen-bond donors (Lipinski definition) is 1. The van der Waals surface area contributed by atoms with E-state index in [2.05, 4.69) is 5.32 Å². The van der Waals surface area contributed by atoms with Gasteiger partial charge in [0.2, 0.25) is 0 Å². The van der Waals surface area contributed by atoms with E-state index in [1.54, 1.807) is 26.0 Å². The van der Waals surface area contributed by atoms with Crippen molar-refractivity contribution in [2.75, 3.05) is 12.8 Å². The number of nitrogens with one attached hydrogen (secondary N) is 1. The molecule has 0 atom stereocenters. The minimum atomic E-state index is -0.329. The van der Waals surface area contributed by atoms with Crippen LogP contribution in [0.1, 0.15) is 30.6 Å². The van der Waals surface area contributed by atoms with Crippen LogP contribution in [0.2, 0.25) is 5.02 Å². The maximum Gasteiger partial charge on any atom is 0.307 e. The lowest BCUT2D eigenvalue weighted by molar-refractivity contribution is -0.147. The Balaban J connectivity index is 2.53. The van der Waals surface area contributed by atoms with Gasteiger partial charge >= 0.3 is 5.97 Å². The van der Waals surface area contributed by atoms with Crippen molar-refractivity contribution in [2.24, 2.45) is 0 Å². The summed E-state index contributed by atoms with van der Waals surface area (Å²) in [5, 5.41) is 3.06. The number of benzene rings is 1. The minimum Gasteiger partial charge on any atom is -0.463 e. The van der Waals surface area contributed by atoms with Gasteiger partial charge in [-0.15, -0.1) is 11.8 Å². The highest BCUT2D eigenvalue weighted by atomic mass is 35.5. The highest BCUT2D eigenvalue weighted by molar-refractivity contribution is 7.98. The average molecular weight is 316 g/mol. The molecule has 0 bridgehead atoms. The summed E-state index contributed by atoms with van der Waals surface area (Å²) in [4.78, 5) is 24.3. The smallest absolute Gasteiger partial charge is 0.307 e. The van der Waals surface area contributed by atoms with Gasteiger partial charge in [0.15, 0.2) is 0 Å². The normalized spacial score (nSPS) is 10.4.